The number of H-pyrrole nitrogens is 1. The second-order valence-electron chi connectivity index (χ2n) is 6.35. The standard InChI is InChI=1S/C22H24N2O2/c1-3-4-6-11-17(14-16-9-7-5-8-10-16)21-23-19-13-12-18(22(25)26-2)15-20(19)24-21/h5,7-10,12-15H,3-4,6,11H2,1-2H3,(H,23,24)/b17-14+. The van der Waals surface area contributed by atoms with Crippen LogP contribution in [0.2, 0.25) is 0 Å². The molecule has 1 N–H and O–H groups in total. The summed E-state index contributed by atoms with van der Waals surface area (Å²) in [5.74, 6) is 0.521. The average Bonchev–Trinajstić information content (AvgIpc) is 3.10. The summed E-state index contributed by atoms with van der Waals surface area (Å²) in [6.07, 6.45) is 6.65. The molecule has 0 saturated heterocycles. The van der Waals surface area contributed by atoms with Gasteiger partial charge in [-0.2, -0.15) is 0 Å². The average molecular weight is 348 g/mol. The molecule has 0 radical (unpaired) electrons. The van der Waals surface area contributed by atoms with Crippen LogP contribution in [-0.4, -0.2) is 23.0 Å². The van der Waals surface area contributed by atoms with Crippen LogP contribution in [0.15, 0.2) is 48.5 Å². The first-order valence-corrected chi connectivity index (χ1v) is 9.05. The molecule has 0 atom stereocenters. The van der Waals surface area contributed by atoms with Crippen molar-refractivity contribution >= 4 is 28.7 Å². The Kier molecular flexibility index (Phi) is 5.84. The molecule has 2 aromatic carbocycles. The summed E-state index contributed by atoms with van der Waals surface area (Å²) in [5.41, 5.74) is 4.56. The lowest BCUT2D eigenvalue weighted by Crippen LogP contribution is -2.00. The molecule has 134 valence electrons. The minimum atomic E-state index is -0.342. The molecule has 0 aliphatic carbocycles. The third-order valence-corrected chi connectivity index (χ3v) is 4.40. The summed E-state index contributed by atoms with van der Waals surface area (Å²) >= 11 is 0. The molecule has 3 rings (SSSR count). The number of aromatic nitrogens is 2. The van der Waals surface area contributed by atoms with Gasteiger partial charge in [-0.15, -0.1) is 0 Å². The number of esters is 1. The first-order valence-electron chi connectivity index (χ1n) is 9.05. The molecule has 3 aromatic rings. The largest absolute Gasteiger partial charge is 0.465 e. The molecule has 1 heterocycles. The zero-order valence-electron chi connectivity index (χ0n) is 15.3. The number of carbonyl (C=O) groups is 1. The number of nitrogens with one attached hydrogen (secondary N) is 1. The predicted octanol–water partition coefficient (Wildman–Crippen LogP) is 5.47. The number of rotatable bonds is 7. The molecule has 0 saturated carbocycles. The van der Waals surface area contributed by atoms with Crippen molar-refractivity contribution in [3.63, 3.8) is 0 Å². The number of carbonyl (C=O) groups excluding carboxylic acids is 1. The smallest absolute Gasteiger partial charge is 0.337 e. The summed E-state index contributed by atoms with van der Waals surface area (Å²) < 4.78 is 4.80. The van der Waals surface area contributed by atoms with Gasteiger partial charge in [0.2, 0.25) is 0 Å². The van der Waals surface area contributed by atoms with E-state index >= 15 is 0 Å². The van der Waals surface area contributed by atoms with Crippen LogP contribution in [-0.2, 0) is 4.74 Å². The molecule has 0 spiro atoms. The Labute approximate surface area is 153 Å². The molecule has 0 aliphatic rings. The molecule has 0 amide bonds. The Balaban J connectivity index is 1.97. The monoisotopic (exact) mass is 348 g/mol. The van der Waals surface area contributed by atoms with Crippen molar-refractivity contribution in [1.29, 1.82) is 0 Å². The van der Waals surface area contributed by atoms with Crippen LogP contribution < -0.4 is 0 Å². The number of benzene rings is 2. The number of allylic oxidation sites excluding steroid dienone is 1. The van der Waals surface area contributed by atoms with E-state index in [4.69, 9.17) is 9.72 Å². The topological polar surface area (TPSA) is 55.0 Å². The molecular weight excluding hydrogens is 324 g/mol. The van der Waals surface area contributed by atoms with Crippen LogP contribution >= 0.6 is 0 Å². The van der Waals surface area contributed by atoms with Gasteiger partial charge in [0.05, 0.1) is 23.7 Å². The van der Waals surface area contributed by atoms with Crippen LogP contribution in [0.3, 0.4) is 0 Å². The highest BCUT2D eigenvalue weighted by Crippen LogP contribution is 2.25. The van der Waals surface area contributed by atoms with Crippen molar-refractivity contribution in [2.45, 2.75) is 32.6 Å². The fraction of sp³-hybridized carbons (Fsp3) is 0.273. The number of fused-ring (bicyclic) bond motifs is 1. The van der Waals surface area contributed by atoms with Gasteiger partial charge >= 0.3 is 5.97 Å². The first kappa shape index (κ1) is 17.9. The van der Waals surface area contributed by atoms with Gasteiger partial charge in [0.1, 0.15) is 5.82 Å². The van der Waals surface area contributed by atoms with Gasteiger partial charge in [-0.3, -0.25) is 0 Å². The van der Waals surface area contributed by atoms with E-state index in [1.54, 1.807) is 12.1 Å². The van der Waals surface area contributed by atoms with Gasteiger partial charge < -0.3 is 9.72 Å². The second-order valence-corrected chi connectivity index (χ2v) is 6.35. The van der Waals surface area contributed by atoms with E-state index < -0.39 is 0 Å². The number of hydrogen-bond acceptors (Lipinski definition) is 3. The SMILES string of the molecule is CCCCC/C(=C\c1ccccc1)c1nc2ccc(C(=O)OC)cc2[nH]1. The summed E-state index contributed by atoms with van der Waals surface area (Å²) in [7, 11) is 1.39. The minimum Gasteiger partial charge on any atom is -0.465 e. The third kappa shape index (κ3) is 4.20. The summed E-state index contributed by atoms with van der Waals surface area (Å²) in [4.78, 5) is 19.9. The molecule has 0 unspecified atom stereocenters. The second kappa shape index (κ2) is 8.48. The van der Waals surface area contributed by atoms with Gasteiger partial charge in [0.15, 0.2) is 0 Å². The van der Waals surface area contributed by atoms with Gasteiger partial charge in [-0.25, -0.2) is 9.78 Å². The van der Waals surface area contributed by atoms with Gasteiger partial charge in [0.25, 0.3) is 0 Å². The summed E-state index contributed by atoms with van der Waals surface area (Å²) in [6.45, 7) is 2.20. The first-order chi connectivity index (χ1) is 12.7. The van der Waals surface area contributed by atoms with Crippen LogP contribution in [0.25, 0.3) is 22.7 Å². The fourth-order valence-electron chi connectivity index (χ4n) is 2.98. The molecule has 26 heavy (non-hydrogen) atoms. The van der Waals surface area contributed by atoms with E-state index in [1.165, 1.54) is 25.5 Å². The minimum absolute atomic E-state index is 0.342. The zero-order valence-corrected chi connectivity index (χ0v) is 15.3. The van der Waals surface area contributed by atoms with Crippen LogP contribution in [0.1, 0.15) is 54.4 Å². The number of ether oxygens (including phenoxy) is 1. The molecule has 0 aliphatic heterocycles. The molecule has 1 aromatic heterocycles. The molecular formula is C22H24N2O2. The molecule has 4 heteroatoms. The Morgan fingerprint density at radius 1 is 1.15 bits per heavy atom. The maximum Gasteiger partial charge on any atom is 0.337 e. The van der Waals surface area contributed by atoms with E-state index in [0.29, 0.717) is 5.56 Å². The number of unbranched alkanes of at least 4 members (excludes halogenated alkanes) is 2. The van der Waals surface area contributed by atoms with Crippen molar-refractivity contribution in [2.75, 3.05) is 7.11 Å². The van der Waals surface area contributed by atoms with E-state index in [9.17, 15) is 4.79 Å². The van der Waals surface area contributed by atoms with Crippen molar-refractivity contribution in [2.24, 2.45) is 0 Å². The van der Waals surface area contributed by atoms with Gasteiger partial charge in [-0.05, 0) is 48.3 Å². The van der Waals surface area contributed by atoms with E-state index in [-0.39, 0.29) is 5.97 Å². The van der Waals surface area contributed by atoms with E-state index in [2.05, 4.69) is 30.1 Å². The maximum absolute atomic E-state index is 11.7. The third-order valence-electron chi connectivity index (χ3n) is 4.40. The Morgan fingerprint density at radius 2 is 1.96 bits per heavy atom. The predicted molar refractivity (Wildman–Crippen MR) is 106 cm³/mol. The Bertz CT molecular complexity index is 910. The molecule has 0 fully saturated rings. The van der Waals surface area contributed by atoms with E-state index in [0.717, 1.165) is 35.3 Å². The van der Waals surface area contributed by atoms with E-state index in [1.807, 2.05) is 24.3 Å². The highest BCUT2D eigenvalue weighted by molar-refractivity contribution is 5.94. The molecule has 0 bridgehead atoms. The van der Waals surface area contributed by atoms with Crippen LogP contribution in [0.4, 0.5) is 0 Å². The van der Waals surface area contributed by atoms with Crippen LogP contribution in [0, 0.1) is 0 Å². The number of aromatic amines is 1. The lowest BCUT2D eigenvalue weighted by atomic mass is 10.0. The highest BCUT2D eigenvalue weighted by atomic mass is 16.5. The number of nitrogens with zero attached hydrogens (tertiary/aromatic N) is 1. The van der Waals surface area contributed by atoms with Crippen LogP contribution in [0.5, 0.6) is 0 Å². The summed E-state index contributed by atoms with van der Waals surface area (Å²) in [6, 6.07) is 15.7. The lowest BCUT2D eigenvalue weighted by molar-refractivity contribution is 0.0601. The molecule has 4 nitrogen and oxygen atoms in total. The zero-order chi connectivity index (χ0) is 18.4. The Hall–Kier alpha value is -2.88. The fourth-order valence-corrected chi connectivity index (χ4v) is 2.98. The maximum atomic E-state index is 11.7. The lowest BCUT2D eigenvalue weighted by Gasteiger charge is -2.05. The van der Waals surface area contributed by atoms with Crippen molar-refractivity contribution in [3.8, 4) is 0 Å². The quantitative estimate of drug-likeness (QED) is 0.455. The Morgan fingerprint density at radius 3 is 2.69 bits per heavy atom. The van der Waals surface area contributed by atoms with Crippen molar-refractivity contribution in [1.82, 2.24) is 9.97 Å². The summed E-state index contributed by atoms with van der Waals surface area (Å²) in [5, 5.41) is 0. The van der Waals surface area contributed by atoms with Crippen molar-refractivity contribution < 1.29 is 9.53 Å². The number of imidazole rings is 1. The van der Waals surface area contributed by atoms with Gasteiger partial charge in [-0.1, -0.05) is 50.1 Å². The van der Waals surface area contributed by atoms with Crippen molar-refractivity contribution in [3.05, 3.63) is 65.5 Å². The normalized spacial score (nSPS) is 11.7. The number of methoxy groups -OCH3 is 1. The highest BCUT2D eigenvalue weighted by Gasteiger charge is 2.11. The van der Waals surface area contributed by atoms with Gasteiger partial charge in [0, 0.05) is 0 Å². The number of hydrogen-bond donors (Lipinski definition) is 1.